The molecule has 98 valence electrons. The number of fused-ring (bicyclic) bond motifs is 1. The summed E-state index contributed by atoms with van der Waals surface area (Å²) in [5, 5.41) is 0. The van der Waals surface area contributed by atoms with Crippen LogP contribution in [0.3, 0.4) is 0 Å². The van der Waals surface area contributed by atoms with Crippen molar-refractivity contribution in [3.63, 3.8) is 0 Å². The Morgan fingerprint density at radius 1 is 1.24 bits per heavy atom. The standard InChI is InChI=1S/C12H21O4P/c1-8(2)15-17(13,16-9(3)4)11-10-6-7-14-12(10,11)5/h6-11H,1-5H3/t10-,11-,12-/m0/s1. The molecule has 4 nitrogen and oxygen atoms in total. The highest BCUT2D eigenvalue weighted by molar-refractivity contribution is 7.55. The first kappa shape index (κ1) is 13.1. The maximum absolute atomic E-state index is 12.9. The van der Waals surface area contributed by atoms with Gasteiger partial charge in [0.05, 0.1) is 18.5 Å². The van der Waals surface area contributed by atoms with Crippen molar-refractivity contribution in [2.45, 2.75) is 58.1 Å². The van der Waals surface area contributed by atoms with Gasteiger partial charge in [0.2, 0.25) is 0 Å². The van der Waals surface area contributed by atoms with E-state index in [1.807, 2.05) is 40.7 Å². The van der Waals surface area contributed by atoms with Crippen LogP contribution in [0.25, 0.3) is 0 Å². The Morgan fingerprint density at radius 2 is 1.76 bits per heavy atom. The molecule has 0 bridgehead atoms. The Labute approximate surface area is 103 Å². The van der Waals surface area contributed by atoms with E-state index in [-0.39, 0.29) is 29.4 Å². The van der Waals surface area contributed by atoms with Crippen LogP contribution in [0, 0.1) is 5.92 Å². The molecule has 0 saturated heterocycles. The second kappa shape index (κ2) is 4.11. The van der Waals surface area contributed by atoms with Gasteiger partial charge < -0.3 is 13.8 Å². The molecule has 0 unspecified atom stereocenters. The first-order valence-electron chi connectivity index (χ1n) is 6.10. The van der Waals surface area contributed by atoms with Crippen LogP contribution in [0.15, 0.2) is 12.3 Å². The molecule has 5 heteroatoms. The second-order valence-corrected chi connectivity index (χ2v) is 7.51. The van der Waals surface area contributed by atoms with E-state index in [1.54, 1.807) is 6.26 Å². The van der Waals surface area contributed by atoms with Crippen LogP contribution in [0.2, 0.25) is 0 Å². The highest BCUT2D eigenvalue weighted by atomic mass is 31.2. The smallest absolute Gasteiger partial charge is 0.339 e. The van der Waals surface area contributed by atoms with Gasteiger partial charge in [-0.05, 0) is 40.7 Å². The zero-order chi connectivity index (χ0) is 12.8. The Bertz CT molecular complexity index is 363. The molecule has 0 spiro atoms. The highest BCUT2D eigenvalue weighted by Crippen LogP contribution is 2.73. The van der Waals surface area contributed by atoms with Crippen LogP contribution in [0.5, 0.6) is 0 Å². The lowest BCUT2D eigenvalue weighted by molar-refractivity contribution is 0.119. The van der Waals surface area contributed by atoms with Crippen molar-refractivity contribution in [3.05, 3.63) is 12.3 Å². The number of rotatable bonds is 5. The quantitative estimate of drug-likeness (QED) is 0.711. The third kappa shape index (κ3) is 2.18. The predicted molar refractivity (Wildman–Crippen MR) is 66.0 cm³/mol. The SMILES string of the molecule is CC(C)OP(=O)(OC(C)C)[C@H]1[C@@H]2C=CO[C@@]21C. The van der Waals surface area contributed by atoms with Crippen molar-refractivity contribution >= 4 is 7.60 Å². The van der Waals surface area contributed by atoms with E-state index in [0.29, 0.717) is 0 Å². The van der Waals surface area contributed by atoms with Crippen molar-refractivity contribution in [3.8, 4) is 0 Å². The zero-order valence-corrected chi connectivity index (χ0v) is 11.9. The summed E-state index contributed by atoms with van der Waals surface area (Å²) in [6, 6.07) is 0. The lowest BCUT2D eigenvalue weighted by Gasteiger charge is -2.24. The summed E-state index contributed by atoms with van der Waals surface area (Å²) in [6.45, 7) is 9.43. The average Bonchev–Trinajstić information content (AvgIpc) is 2.53. The van der Waals surface area contributed by atoms with Crippen molar-refractivity contribution in [2.75, 3.05) is 0 Å². The van der Waals surface area contributed by atoms with Gasteiger partial charge in [-0.15, -0.1) is 0 Å². The topological polar surface area (TPSA) is 44.8 Å². The van der Waals surface area contributed by atoms with Gasteiger partial charge in [0, 0.05) is 5.92 Å². The Kier molecular flexibility index (Phi) is 3.18. The van der Waals surface area contributed by atoms with E-state index in [4.69, 9.17) is 13.8 Å². The lowest BCUT2D eigenvalue weighted by Crippen LogP contribution is -2.17. The minimum atomic E-state index is -3.11. The Balaban J connectivity index is 2.18. The molecule has 1 fully saturated rings. The van der Waals surface area contributed by atoms with Gasteiger partial charge in [0.15, 0.2) is 0 Å². The van der Waals surface area contributed by atoms with Gasteiger partial charge >= 0.3 is 7.60 Å². The Hall–Kier alpha value is -0.310. The normalized spacial score (nSPS) is 35.2. The maximum Gasteiger partial charge on any atom is 0.339 e. The van der Waals surface area contributed by atoms with Crippen molar-refractivity contribution in [2.24, 2.45) is 5.92 Å². The highest BCUT2D eigenvalue weighted by Gasteiger charge is 2.74. The maximum atomic E-state index is 12.9. The van der Waals surface area contributed by atoms with Crippen LogP contribution in [0.4, 0.5) is 0 Å². The molecule has 2 aliphatic rings. The summed E-state index contributed by atoms with van der Waals surface area (Å²) in [6.07, 6.45) is 3.39. The fourth-order valence-electron chi connectivity index (χ4n) is 2.47. The van der Waals surface area contributed by atoms with Crippen molar-refractivity contribution in [1.29, 1.82) is 0 Å². The molecule has 2 rings (SSSR count). The molecule has 0 aromatic heterocycles. The first-order valence-corrected chi connectivity index (χ1v) is 7.72. The predicted octanol–water partition coefficient (Wildman–Crippen LogP) is 3.33. The minimum Gasteiger partial charge on any atom is -0.494 e. The fourth-order valence-corrected chi connectivity index (χ4v) is 5.52. The molecule has 3 atom stereocenters. The summed E-state index contributed by atoms with van der Waals surface area (Å²) in [5.74, 6) is 0.158. The van der Waals surface area contributed by atoms with Gasteiger partial charge in [0.25, 0.3) is 0 Å². The molecule has 17 heavy (non-hydrogen) atoms. The van der Waals surface area contributed by atoms with E-state index >= 15 is 0 Å². The summed E-state index contributed by atoms with van der Waals surface area (Å²) < 4.78 is 29.6. The molecule has 1 heterocycles. The van der Waals surface area contributed by atoms with E-state index in [2.05, 4.69) is 0 Å². The van der Waals surface area contributed by atoms with Crippen molar-refractivity contribution in [1.82, 2.24) is 0 Å². The Morgan fingerprint density at radius 3 is 2.12 bits per heavy atom. The molecular formula is C12H21O4P. The van der Waals surface area contributed by atoms with Crippen LogP contribution in [0.1, 0.15) is 34.6 Å². The third-order valence-electron chi connectivity index (χ3n) is 3.14. The molecule has 0 amide bonds. The van der Waals surface area contributed by atoms with Crippen LogP contribution in [-0.4, -0.2) is 23.5 Å². The van der Waals surface area contributed by atoms with Gasteiger partial charge in [-0.1, -0.05) is 0 Å². The molecule has 1 aliphatic carbocycles. The molecule has 1 aliphatic heterocycles. The van der Waals surface area contributed by atoms with Gasteiger partial charge in [-0.25, -0.2) is 0 Å². The van der Waals surface area contributed by atoms with Gasteiger partial charge in [0.1, 0.15) is 11.3 Å². The summed E-state index contributed by atoms with van der Waals surface area (Å²) in [5.41, 5.74) is -0.552. The number of ether oxygens (including phenoxy) is 1. The molecule has 0 aromatic carbocycles. The minimum absolute atomic E-state index is 0.117. The third-order valence-corrected chi connectivity index (χ3v) is 6.09. The van der Waals surface area contributed by atoms with E-state index < -0.39 is 7.60 Å². The summed E-state index contributed by atoms with van der Waals surface area (Å²) in [4.78, 5) is 0. The second-order valence-electron chi connectivity index (χ2n) is 5.45. The van der Waals surface area contributed by atoms with Gasteiger partial charge in [-0.3, -0.25) is 4.57 Å². The lowest BCUT2D eigenvalue weighted by atomic mass is 10.3. The molecular weight excluding hydrogens is 239 g/mol. The monoisotopic (exact) mass is 260 g/mol. The molecule has 0 N–H and O–H groups in total. The van der Waals surface area contributed by atoms with E-state index in [0.717, 1.165) is 0 Å². The van der Waals surface area contributed by atoms with Crippen molar-refractivity contribution < 1.29 is 18.3 Å². The van der Waals surface area contributed by atoms with Crippen LogP contribution >= 0.6 is 7.60 Å². The van der Waals surface area contributed by atoms with E-state index in [1.165, 1.54) is 0 Å². The zero-order valence-electron chi connectivity index (χ0n) is 11.0. The average molecular weight is 260 g/mol. The van der Waals surface area contributed by atoms with Crippen LogP contribution < -0.4 is 0 Å². The molecule has 1 saturated carbocycles. The van der Waals surface area contributed by atoms with Crippen LogP contribution in [-0.2, 0) is 18.3 Å². The largest absolute Gasteiger partial charge is 0.494 e. The number of hydrogen-bond donors (Lipinski definition) is 0. The fraction of sp³-hybridized carbons (Fsp3) is 0.833. The summed E-state index contributed by atoms with van der Waals surface area (Å²) >= 11 is 0. The van der Waals surface area contributed by atoms with Gasteiger partial charge in [-0.2, -0.15) is 0 Å². The number of hydrogen-bond acceptors (Lipinski definition) is 4. The molecule has 0 radical (unpaired) electrons. The van der Waals surface area contributed by atoms with E-state index in [9.17, 15) is 4.57 Å². The first-order chi connectivity index (χ1) is 7.79. The molecule has 0 aromatic rings. The summed E-state index contributed by atoms with van der Waals surface area (Å²) in [7, 11) is -3.11.